The molecule has 0 bridgehead atoms. The molecule has 0 aliphatic heterocycles. The first-order chi connectivity index (χ1) is 3.42. The van der Waals surface area contributed by atoms with Crippen LogP contribution in [-0.4, -0.2) is 6.16 Å². The molecule has 3 nitrogen and oxygen atoms in total. The second kappa shape index (κ2) is 2.44. The third kappa shape index (κ3) is 5.89. The monoisotopic (exact) mass is 134 g/mol. The van der Waals surface area contributed by atoms with E-state index in [1.54, 1.807) is 0 Å². The molecule has 0 radical (unpaired) electrons. The molecule has 0 atom stereocenters. The van der Waals surface area contributed by atoms with Crippen LogP contribution in [0.4, 0.5) is 0 Å². The summed E-state index contributed by atoms with van der Waals surface area (Å²) in [5.74, 6) is 0. The molecule has 0 unspecified atom stereocenters. The Morgan fingerprint density at radius 3 is 2.12 bits per heavy atom. The highest BCUT2D eigenvalue weighted by Gasteiger charge is 1.88. The van der Waals surface area contributed by atoms with Gasteiger partial charge in [-0.05, 0) is 13.1 Å². The molecule has 0 amide bonds. The van der Waals surface area contributed by atoms with Gasteiger partial charge in [0.25, 0.3) is 0 Å². The van der Waals surface area contributed by atoms with E-state index < -0.39 is 13.8 Å². The summed E-state index contributed by atoms with van der Waals surface area (Å²) in [6.45, 7) is 4.77. The number of hydrogen-bond donors (Lipinski definition) is 0. The fourth-order valence-electron chi connectivity index (χ4n) is 0.331. The van der Waals surface area contributed by atoms with Crippen LogP contribution in [0.3, 0.4) is 0 Å². The normalized spacial score (nSPS) is 11.4. The lowest BCUT2D eigenvalue weighted by Crippen LogP contribution is -2.16. The Hall–Kier alpha value is -0.110. The summed E-state index contributed by atoms with van der Waals surface area (Å²) >= 11 is 0. The molecular formula is C4H7O3P-2. The smallest absolute Gasteiger partial charge is 0.00446 e. The minimum Gasteiger partial charge on any atom is -0.810 e. The van der Waals surface area contributed by atoms with Crippen molar-refractivity contribution in [3.05, 3.63) is 12.2 Å². The Morgan fingerprint density at radius 2 is 2.12 bits per heavy atom. The molecule has 0 heterocycles. The van der Waals surface area contributed by atoms with Crippen LogP contribution in [0.15, 0.2) is 12.2 Å². The van der Waals surface area contributed by atoms with E-state index in [0.29, 0.717) is 5.57 Å². The summed E-state index contributed by atoms with van der Waals surface area (Å²) in [5.41, 5.74) is 0.387. The van der Waals surface area contributed by atoms with Crippen molar-refractivity contribution in [1.29, 1.82) is 0 Å². The van der Waals surface area contributed by atoms with Crippen LogP contribution < -0.4 is 9.79 Å². The number of rotatable bonds is 2. The third-order valence-corrected chi connectivity index (χ3v) is 1.39. The zero-order chi connectivity index (χ0) is 6.78. The van der Waals surface area contributed by atoms with Crippen molar-refractivity contribution in [3.63, 3.8) is 0 Å². The number of hydrogen-bond acceptors (Lipinski definition) is 3. The molecule has 0 saturated heterocycles. The summed E-state index contributed by atoms with van der Waals surface area (Å²) in [6, 6.07) is 0. The predicted molar refractivity (Wildman–Crippen MR) is 27.3 cm³/mol. The van der Waals surface area contributed by atoms with Crippen LogP contribution in [0.2, 0.25) is 0 Å². The third-order valence-electron chi connectivity index (χ3n) is 0.464. The lowest BCUT2D eigenvalue weighted by molar-refractivity contribution is -0.312. The van der Waals surface area contributed by atoms with Crippen molar-refractivity contribution in [3.8, 4) is 0 Å². The lowest BCUT2D eigenvalue weighted by atomic mass is 10.4. The highest BCUT2D eigenvalue weighted by Crippen LogP contribution is 2.24. The van der Waals surface area contributed by atoms with E-state index in [9.17, 15) is 14.4 Å². The van der Waals surface area contributed by atoms with Gasteiger partial charge in [-0.25, -0.2) is 0 Å². The van der Waals surface area contributed by atoms with E-state index in [0.717, 1.165) is 0 Å². The van der Waals surface area contributed by atoms with Gasteiger partial charge in [0, 0.05) is 0 Å². The Labute approximate surface area is 48.2 Å². The zero-order valence-corrected chi connectivity index (χ0v) is 5.48. The molecule has 0 saturated carbocycles. The first-order valence-electron chi connectivity index (χ1n) is 2.07. The van der Waals surface area contributed by atoms with Gasteiger partial charge in [-0.15, -0.1) is 0 Å². The molecule has 8 heavy (non-hydrogen) atoms. The van der Waals surface area contributed by atoms with Crippen LogP contribution >= 0.6 is 7.60 Å². The van der Waals surface area contributed by atoms with Crippen LogP contribution in [0, 0.1) is 0 Å². The topological polar surface area (TPSA) is 63.2 Å². The van der Waals surface area contributed by atoms with Gasteiger partial charge in [-0.3, -0.25) is 0 Å². The minimum atomic E-state index is -4.32. The van der Waals surface area contributed by atoms with Crippen molar-refractivity contribution in [1.82, 2.24) is 0 Å². The standard InChI is InChI=1S/C4H9O3P/c1-4(2)3-8(5,6)7/h1,3H2,2H3,(H2,5,6,7)/p-2. The second-order valence-electron chi connectivity index (χ2n) is 1.73. The first kappa shape index (κ1) is 7.89. The highest BCUT2D eigenvalue weighted by molar-refractivity contribution is 7.49. The Balaban J connectivity index is 3.74. The Bertz CT molecular complexity index is 134. The van der Waals surface area contributed by atoms with E-state index in [4.69, 9.17) is 0 Å². The maximum absolute atomic E-state index is 9.85. The predicted octanol–water partition coefficient (Wildman–Crippen LogP) is -0.524. The van der Waals surface area contributed by atoms with Crippen molar-refractivity contribution < 1.29 is 14.4 Å². The van der Waals surface area contributed by atoms with Crippen LogP contribution in [-0.2, 0) is 4.57 Å². The fourth-order valence-corrected chi connectivity index (χ4v) is 0.992. The molecule has 48 valence electrons. The van der Waals surface area contributed by atoms with E-state index in [1.165, 1.54) is 6.92 Å². The molecule has 0 aromatic heterocycles. The molecule has 0 aliphatic carbocycles. The number of allylic oxidation sites excluding steroid dienone is 1. The Kier molecular flexibility index (Phi) is 2.41. The minimum absolute atomic E-state index is 0.387. The maximum Gasteiger partial charge on any atom is -0.00446 e. The SMILES string of the molecule is C=C(C)CP(=O)([O-])[O-]. The van der Waals surface area contributed by atoms with Gasteiger partial charge < -0.3 is 14.4 Å². The van der Waals surface area contributed by atoms with Crippen molar-refractivity contribution >= 4 is 7.60 Å². The van der Waals surface area contributed by atoms with Gasteiger partial charge >= 0.3 is 0 Å². The van der Waals surface area contributed by atoms with Gasteiger partial charge in [0.15, 0.2) is 0 Å². The summed E-state index contributed by atoms with van der Waals surface area (Å²) in [6.07, 6.45) is -0.424. The van der Waals surface area contributed by atoms with Gasteiger partial charge in [0.1, 0.15) is 0 Å². The molecule has 0 aromatic carbocycles. The van der Waals surface area contributed by atoms with Crippen molar-refractivity contribution in [2.24, 2.45) is 0 Å². The molecule has 0 fully saturated rings. The summed E-state index contributed by atoms with van der Waals surface area (Å²) in [7, 11) is -4.32. The highest BCUT2D eigenvalue weighted by atomic mass is 31.2. The molecule has 0 N–H and O–H groups in total. The van der Waals surface area contributed by atoms with Gasteiger partial charge in [-0.2, -0.15) is 0 Å². The molecule has 0 aliphatic rings. The van der Waals surface area contributed by atoms with E-state index in [1.807, 2.05) is 0 Å². The summed E-state index contributed by atoms with van der Waals surface area (Å²) in [4.78, 5) is 19.7. The molecule has 0 aromatic rings. The van der Waals surface area contributed by atoms with Crippen molar-refractivity contribution in [2.75, 3.05) is 6.16 Å². The molecule has 0 spiro atoms. The van der Waals surface area contributed by atoms with Crippen molar-refractivity contribution in [2.45, 2.75) is 6.92 Å². The van der Waals surface area contributed by atoms with Gasteiger partial charge in [-0.1, -0.05) is 19.7 Å². The van der Waals surface area contributed by atoms with E-state index >= 15 is 0 Å². The van der Waals surface area contributed by atoms with E-state index in [2.05, 4.69) is 6.58 Å². The second-order valence-corrected chi connectivity index (χ2v) is 3.26. The summed E-state index contributed by atoms with van der Waals surface area (Å²) in [5, 5.41) is 0. The van der Waals surface area contributed by atoms with Crippen LogP contribution in [0.5, 0.6) is 0 Å². The summed E-state index contributed by atoms with van der Waals surface area (Å²) < 4.78 is 9.85. The Morgan fingerprint density at radius 1 is 1.75 bits per heavy atom. The lowest BCUT2D eigenvalue weighted by Gasteiger charge is -2.29. The molecular weight excluding hydrogens is 127 g/mol. The molecule has 4 heteroatoms. The largest absolute Gasteiger partial charge is 0.810 e. The van der Waals surface area contributed by atoms with Crippen LogP contribution in [0.25, 0.3) is 0 Å². The van der Waals surface area contributed by atoms with Gasteiger partial charge in [0.2, 0.25) is 0 Å². The maximum atomic E-state index is 9.85. The quantitative estimate of drug-likeness (QED) is 0.377. The molecule has 0 rings (SSSR count). The fraction of sp³-hybridized carbons (Fsp3) is 0.500. The average Bonchev–Trinajstić information content (AvgIpc) is 1.21. The van der Waals surface area contributed by atoms with E-state index in [-0.39, 0.29) is 0 Å². The first-order valence-corrected chi connectivity index (χ1v) is 3.80. The average molecular weight is 134 g/mol. The van der Waals surface area contributed by atoms with Crippen LogP contribution in [0.1, 0.15) is 6.92 Å². The zero-order valence-electron chi connectivity index (χ0n) is 4.59. The van der Waals surface area contributed by atoms with Gasteiger partial charge in [0.05, 0.1) is 0 Å².